The van der Waals surface area contributed by atoms with Crippen LogP contribution >= 0.6 is 23.2 Å². The molecule has 0 unspecified atom stereocenters. The Morgan fingerprint density at radius 2 is 1.65 bits per heavy atom. The smallest absolute Gasteiger partial charge is 0.221 e. The average Bonchev–Trinajstić information content (AvgIpc) is 3.40. The van der Waals surface area contributed by atoms with Gasteiger partial charge in [-0.3, -0.25) is 9.59 Å². The van der Waals surface area contributed by atoms with Gasteiger partial charge in [0.2, 0.25) is 5.91 Å². The molecule has 0 radical (unpaired) electrons. The number of amides is 1. The first kappa shape index (κ1) is 27.1. The summed E-state index contributed by atoms with van der Waals surface area (Å²) in [5, 5.41) is 17.4. The molecule has 3 aromatic carbocycles. The molecular formula is C31H24Cl2N4O3. The van der Waals surface area contributed by atoms with Gasteiger partial charge in [-0.2, -0.15) is 9.83 Å². The number of nitrogens with two attached hydrogens (primary N) is 1. The molecule has 0 fully saturated rings. The van der Waals surface area contributed by atoms with Gasteiger partial charge in [-0.15, -0.1) is 0 Å². The first-order valence-corrected chi connectivity index (χ1v) is 13.3. The number of rotatable bonds is 9. The zero-order chi connectivity index (χ0) is 28.2. The van der Waals surface area contributed by atoms with Gasteiger partial charge >= 0.3 is 0 Å². The van der Waals surface area contributed by atoms with Gasteiger partial charge in [0.1, 0.15) is 0 Å². The fraction of sp³-hybridized carbons (Fsp3) is 0.0968. The van der Waals surface area contributed by atoms with Crippen LogP contribution in [0.2, 0.25) is 10.0 Å². The van der Waals surface area contributed by atoms with Crippen LogP contribution < -0.4 is 10.5 Å². The minimum atomic E-state index is -0.608. The normalized spacial score (nSPS) is 11.8. The SMILES string of the molecule is NC(=O)[C@H](CC(=O)c1ccc(-c2cc(-c3ccc[n+]([O-])c3)nn2-c2ccc(Cl)c(Cl)c2)cc1)Cc1ccccc1. The fourth-order valence-corrected chi connectivity index (χ4v) is 4.78. The number of carbonyl (C=O) groups is 2. The zero-order valence-corrected chi connectivity index (χ0v) is 22.7. The van der Waals surface area contributed by atoms with Crippen molar-refractivity contribution in [3.8, 4) is 28.2 Å². The van der Waals surface area contributed by atoms with Crippen LogP contribution in [0.15, 0.2) is 103 Å². The Kier molecular flexibility index (Phi) is 7.96. The van der Waals surface area contributed by atoms with Gasteiger partial charge in [-0.05, 0) is 42.3 Å². The minimum Gasteiger partial charge on any atom is -0.619 e. The highest BCUT2D eigenvalue weighted by Gasteiger charge is 2.22. The topological polar surface area (TPSA) is 105 Å². The van der Waals surface area contributed by atoms with E-state index < -0.39 is 11.8 Å². The molecule has 5 rings (SSSR count). The minimum absolute atomic E-state index is 0.0120. The number of hydrogen-bond acceptors (Lipinski definition) is 4. The van der Waals surface area contributed by atoms with Gasteiger partial charge in [0.15, 0.2) is 18.2 Å². The van der Waals surface area contributed by atoms with Crippen molar-refractivity contribution in [1.82, 2.24) is 9.78 Å². The van der Waals surface area contributed by atoms with Crippen molar-refractivity contribution in [1.29, 1.82) is 0 Å². The number of Topliss-reactive ketones (excluding diaryl/α,β-unsaturated/α-hetero) is 1. The molecule has 200 valence electrons. The predicted molar refractivity (Wildman–Crippen MR) is 155 cm³/mol. The fourth-order valence-electron chi connectivity index (χ4n) is 4.49. The number of pyridine rings is 1. The van der Waals surface area contributed by atoms with E-state index in [1.165, 1.54) is 12.4 Å². The van der Waals surface area contributed by atoms with Crippen LogP contribution in [-0.2, 0) is 11.2 Å². The Morgan fingerprint density at radius 3 is 2.33 bits per heavy atom. The molecule has 1 amide bonds. The lowest BCUT2D eigenvalue weighted by Crippen LogP contribution is -2.27. The molecule has 0 spiro atoms. The largest absolute Gasteiger partial charge is 0.619 e. The molecule has 2 heterocycles. The van der Waals surface area contributed by atoms with Gasteiger partial charge in [0.25, 0.3) is 0 Å². The molecule has 7 nitrogen and oxygen atoms in total. The molecule has 2 N–H and O–H groups in total. The third-order valence-corrected chi connectivity index (χ3v) is 7.33. The van der Waals surface area contributed by atoms with Gasteiger partial charge < -0.3 is 10.9 Å². The van der Waals surface area contributed by atoms with E-state index in [1.54, 1.807) is 47.1 Å². The molecule has 40 heavy (non-hydrogen) atoms. The number of ketones is 1. The first-order valence-electron chi connectivity index (χ1n) is 12.5. The molecule has 0 saturated carbocycles. The lowest BCUT2D eigenvalue weighted by molar-refractivity contribution is -0.604. The van der Waals surface area contributed by atoms with E-state index in [-0.39, 0.29) is 12.2 Å². The highest BCUT2D eigenvalue weighted by Crippen LogP contribution is 2.31. The second-order valence-electron chi connectivity index (χ2n) is 9.37. The third-order valence-electron chi connectivity index (χ3n) is 6.59. The van der Waals surface area contributed by atoms with Crippen LogP contribution in [0.1, 0.15) is 22.3 Å². The molecule has 9 heteroatoms. The van der Waals surface area contributed by atoms with E-state index in [4.69, 9.17) is 34.0 Å². The van der Waals surface area contributed by atoms with Crippen molar-refractivity contribution < 1.29 is 14.3 Å². The molecular weight excluding hydrogens is 547 g/mol. The maximum Gasteiger partial charge on any atom is 0.221 e. The number of aromatic nitrogens is 3. The van der Waals surface area contributed by atoms with Crippen LogP contribution in [0.3, 0.4) is 0 Å². The number of hydrogen-bond donors (Lipinski definition) is 1. The number of carbonyl (C=O) groups excluding carboxylic acids is 2. The van der Waals surface area contributed by atoms with Crippen molar-refractivity contribution >= 4 is 34.9 Å². The maximum atomic E-state index is 13.1. The molecule has 0 aliphatic carbocycles. The highest BCUT2D eigenvalue weighted by molar-refractivity contribution is 6.42. The van der Waals surface area contributed by atoms with E-state index in [1.807, 2.05) is 48.5 Å². The molecule has 0 saturated heterocycles. The summed E-state index contributed by atoms with van der Waals surface area (Å²) in [5.41, 5.74) is 10.4. The summed E-state index contributed by atoms with van der Waals surface area (Å²) in [7, 11) is 0. The monoisotopic (exact) mass is 570 g/mol. The summed E-state index contributed by atoms with van der Waals surface area (Å²) in [4.78, 5) is 25.2. The maximum absolute atomic E-state index is 13.1. The van der Waals surface area contributed by atoms with Crippen LogP contribution in [-0.4, -0.2) is 21.5 Å². The van der Waals surface area contributed by atoms with Gasteiger partial charge in [0, 0.05) is 29.5 Å². The summed E-state index contributed by atoms with van der Waals surface area (Å²) < 4.78 is 2.42. The summed E-state index contributed by atoms with van der Waals surface area (Å²) in [5.74, 6) is -1.29. The standard InChI is InChI=1S/C31H24Cl2N4O3/c32-26-13-12-25(17-27(26)33)37-29(18-28(35-37)23-7-4-14-36(40)19-23)21-8-10-22(11-9-21)30(38)16-24(31(34)39)15-20-5-2-1-3-6-20/h1-14,17-19,24H,15-16H2,(H2,34,39)/t24-/m0/s1. The molecule has 5 aromatic rings. The van der Waals surface area contributed by atoms with E-state index >= 15 is 0 Å². The van der Waals surface area contributed by atoms with E-state index in [9.17, 15) is 14.8 Å². The quantitative estimate of drug-likeness (QED) is 0.132. The van der Waals surface area contributed by atoms with Gasteiger partial charge in [-0.1, -0.05) is 77.8 Å². The number of benzene rings is 3. The Bertz CT molecular complexity index is 1690. The highest BCUT2D eigenvalue weighted by atomic mass is 35.5. The van der Waals surface area contributed by atoms with Crippen LogP contribution in [0.25, 0.3) is 28.2 Å². The van der Waals surface area contributed by atoms with Crippen LogP contribution in [0, 0.1) is 11.1 Å². The summed E-state index contributed by atoms with van der Waals surface area (Å²) in [6.07, 6.45) is 3.25. The Labute approximate surface area is 241 Å². The van der Waals surface area contributed by atoms with Crippen molar-refractivity contribution in [2.24, 2.45) is 11.7 Å². The average molecular weight is 571 g/mol. The number of primary amides is 1. The molecule has 0 aliphatic rings. The molecule has 1 atom stereocenters. The number of nitrogens with zero attached hydrogens (tertiary/aromatic N) is 3. The summed E-state index contributed by atoms with van der Waals surface area (Å²) >= 11 is 12.4. The number of halogens is 2. The summed E-state index contributed by atoms with van der Waals surface area (Å²) in [6, 6.07) is 27.1. The van der Waals surface area contributed by atoms with Crippen LogP contribution in [0.5, 0.6) is 0 Å². The molecule has 0 aliphatic heterocycles. The van der Waals surface area contributed by atoms with E-state index in [0.29, 0.717) is 49.4 Å². The second-order valence-corrected chi connectivity index (χ2v) is 10.2. The lowest BCUT2D eigenvalue weighted by Gasteiger charge is -2.13. The predicted octanol–water partition coefficient (Wildman–Crippen LogP) is 6.06. The Balaban J connectivity index is 1.45. The molecule has 0 bridgehead atoms. The zero-order valence-electron chi connectivity index (χ0n) is 21.2. The van der Waals surface area contributed by atoms with Crippen molar-refractivity contribution in [3.05, 3.63) is 130 Å². The summed E-state index contributed by atoms with van der Waals surface area (Å²) in [6.45, 7) is 0. The van der Waals surface area contributed by atoms with Gasteiger partial charge in [-0.25, -0.2) is 4.68 Å². The third kappa shape index (κ3) is 6.06. The Morgan fingerprint density at radius 1 is 0.900 bits per heavy atom. The van der Waals surface area contributed by atoms with E-state index in [2.05, 4.69) is 0 Å². The van der Waals surface area contributed by atoms with Crippen molar-refractivity contribution in [2.45, 2.75) is 12.8 Å². The first-order chi connectivity index (χ1) is 19.3. The molecule has 2 aromatic heterocycles. The van der Waals surface area contributed by atoms with Crippen LogP contribution in [0.4, 0.5) is 0 Å². The van der Waals surface area contributed by atoms with Crippen molar-refractivity contribution in [3.63, 3.8) is 0 Å². The van der Waals surface area contributed by atoms with Crippen molar-refractivity contribution in [2.75, 3.05) is 0 Å². The lowest BCUT2D eigenvalue weighted by atomic mass is 9.91. The van der Waals surface area contributed by atoms with Gasteiger partial charge in [0.05, 0.1) is 32.7 Å². The Hall–Kier alpha value is -4.46. The van der Waals surface area contributed by atoms with E-state index in [0.717, 1.165) is 11.1 Å². The second kappa shape index (κ2) is 11.7.